The molecule has 1 aromatic rings. The highest BCUT2D eigenvalue weighted by molar-refractivity contribution is 6.29. The molecule has 110 valence electrons. The maximum absolute atomic E-state index is 12.7. The standard InChI is InChI=1S/C14H20ClN3O2/c1-4-11-8-20-9(2)7-18(11)14(19)10-5-12(15)17-13(6-10)16-3/h5-6,9,11H,4,7-8H2,1-3H3,(H,16,17). The number of nitrogens with one attached hydrogen (secondary N) is 1. The zero-order valence-corrected chi connectivity index (χ0v) is 12.8. The van der Waals surface area contributed by atoms with Crippen molar-refractivity contribution in [1.82, 2.24) is 9.88 Å². The van der Waals surface area contributed by atoms with Crippen molar-refractivity contribution in [2.24, 2.45) is 0 Å². The van der Waals surface area contributed by atoms with Crippen molar-refractivity contribution in [3.8, 4) is 0 Å². The zero-order chi connectivity index (χ0) is 14.7. The summed E-state index contributed by atoms with van der Waals surface area (Å²) in [5.74, 6) is 0.572. The van der Waals surface area contributed by atoms with Gasteiger partial charge >= 0.3 is 0 Å². The molecule has 1 amide bonds. The summed E-state index contributed by atoms with van der Waals surface area (Å²) >= 11 is 5.96. The van der Waals surface area contributed by atoms with Crippen LogP contribution in [-0.4, -0.2) is 48.1 Å². The van der Waals surface area contributed by atoms with E-state index in [0.29, 0.717) is 29.7 Å². The molecule has 5 nitrogen and oxygen atoms in total. The lowest BCUT2D eigenvalue weighted by atomic mass is 10.1. The molecule has 0 bridgehead atoms. The van der Waals surface area contributed by atoms with Crippen molar-refractivity contribution >= 4 is 23.3 Å². The molecule has 1 aromatic heterocycles. The number of nitrogens with zero attached hydrogens (tertiary/aromatic N) is 2. The molecular formula is C14H20ClN3O2. The van der Waals surface area contributed by atoms with Gasteiger partial charge in [0.05, 0.1) is 18.8 Å². The Hall–Kier alpha value is -1.33. The van der Waals surface area contributed by atoms with Crippen LogP contribution in [0.1, 0.15) is 30.6 Å². The first-order valence-corrected chi connectivity index (χ1v) is 7.20. The van der Waals surface area contributed by atoms with Gasteiger partial charge < -0.3 is 15.0 Å². The smallest absolute Gasteiger partial charge is 0.254 e. The predicted octanol–water partition coefficient (Wildman–Crippen LogP) is 2.42. The van der Waals surface area contributed by atoms with Crippen molar-refractivity contribution < 1.29 is 9.53 Å². The molecule has 1 saturated heterocycles. The summed E-state index contributed by atoms with van der Waals surface area (Å²) in [5, 5.41) is 3.22. The second-order valence-corrected chi connectivity index (χ2v) is 5.36. The van der Waals surface area contributed by atoms with E-state index in [2.05, 4.69) is 17.2 Å². The van der Waals surface area contributed by atoms with Crippen molar-refractivity contribution in [1.29, 1.82) is 0 Å². The number of ether oxygens (including phenoxy) is 1. The van der Waals surface area contributed by atoms with Crippen LogP contribution in [0.3, 0.4) is 0 Å². The molecule has 0 radical (unpaired) electrons. The first-order valence-electron chi connectivity index (χ1n) is 6.83. The lowest BCUT2D eigenvalue weighted by Crippen LogP contribution is -2.51. The van der Waals surface area contributed by atoms with Crippen molar-refractivity contribution in [2.45, 2.75) is 32.4 Å². The van der Waals surface area contributed by atoms with Gasteiger partial charge in [-0.25, -0.2) is 4.98 Å². The largest absolute Gasteiger partial charge is 0.375 e. The topological polar surface area (TPSA) is 54.5 Å². The summed E-state index contributed by atoms with van der Waals surface area (Å²) in [6.07, 6.45) is 0.929. The minimum absolute atomic E-state index is 0.0206. The van der Waals surface area contributed by atoms with E-state index in [1.54, 1.807) is 19.2 Å². The van der Waals surface area contributed by atoms with E-state index in [-0.39, 0.29) is 18.1 Å². The van der Waals surface area contributed by atoms with Crippen LogP contribution in [0.2, 0.25) is 5.15 Å². The number of morpholine rings is 1. The maximum atomic E-state index is 12.7. The molecule has 0 spiro atoms. The van der Waals surface area contributed by atoms with Crippen LogP contribution >= 0.6 is 11.6 Å². The first kappa shape index (κ1) is 15.1. The Kier molecular flexibility index (Phi) is 4.83. The van der Waals surface area contributed by atoms with E-state index in [1.807, 2.05) is 11.8 Å². The molecule has 0 saturated carbocycles. The average Bonchev–Trinajstić information content (AvgIpc) is 2.45. The Morgan fingerprint density at radius 2 is 2.35 bits per heavy atom. The summed E-state index contributed by atoms with van der Waals surface area (Å²) in [4.78, 5) is 18.7. The normalized spacial score (nSPS) is 22.7. The quantitative estimate of drug-likeness (QED) is 0.871. The predicted molar refractivity (Wildman–Crippen MR) is 79.3 cm³/mol. The third-order valence-corrected chi connectivity index (χ3v) is 3.69. The maximum Gasteiger partial charge on any atom is 0.254 e. The number of carbonyl (C=O) groups excluding carboxylic acids is 1. The highest BCUT2D eigenvalue weighted by atomic mass is 35.5. The Bertz CT molecular complexity index is 495. The van der Waals surface area contributed by atoms with Crippen molar-refractivity contribution in [3.63, 3.8) is 0 Å². The summed E-state index contributed by atoms with van der Waals surface area (Å²) < 4.78 is 5.62. The number of carbonyl (C=O) groups is 1. The fraction of sp³-hybridized carbons (Fsp3) is 0.571. The Labute approximate surface area is 124 Å². The highest BCUT2D eigenvalue weighted by Gasteiger charge is 2.30. The number of pyridine rings is 1. The van der Waals surface area contributed by atoms with Crippen LogP contribution < -0.4 is 5.32 Å². The average molecular weight is 298 g/mol. The lowest BCUT2D eigenvalue weighted by Gasteiger charge is -2.38. The lowest BCUT2D eigenvalue weighted by molar-refractivity contribution is -0.0444. The highest BCUT2D eigenvalue weighted by Crippen LogP contribution is 2.21. The van der Waals surface area contributed by atoms with Crippen LogP contribution in [0, 0.1) is 0 Å². The van der Waals surface area contributed by atoms with Gasteiger partial charge in [-0.05, 0) is 25.5 Å². The van der Waals surface area contributed by atoms with Crippen LogP contribution in [0.4, 0.5) is 5.82 Å². The molecule has 2 heterocycles. The summed E-state index contributed by atoms with van der Waals surface area (Å²) in [6, 6.07) is 3.45. The van der Waals surface area contributed by atoms with Crippen LogP contribution in [-0.2, 0) is 4.74 Å². The molecule has 2 rings (SSSR count). The summed E-state index contributed by atoms with van der Waals surface area (Å²) in [7, 11) is 1.75. The first-order chi connectivity index (χ1) is 9.55. The van der Waals surface area contributed by atoms with Gasteiger partial charge in [-0.1, -0.05) is 18.5 Å². The molecule has 0 aliphatic carbocycles. The molecule has 1 aliphatic heterocycles. The van der Waals surface area contributed by atoms with Gasteiger partial charge in [-0.3, -0.25) is 4.79 Å². The van der Waals surface area contributed by atoms with E-state index >= 15 is 0 Å². The third kappa shape index (κ3) is 3.22. The Morgan fingerprint density at radius 3 is 3.00 bits per heavy atom. The van der Waals surface area contributed by atoms with Gasteiger partial charge in [0, 0.05) is 19.2 Å². The molecule has 1 aliphatic rings. The number of halogens is 1. The molecular weight excluding hydrogens is 278 g/mol. The van der Waals surface area contributed by atoms with Crippen molar-refractivity contribution in [2.75, 3.05) is 25.5 Å². The third-order valence-electron chi connectivity index (χ3n) is 3.50. The van der Waals surface area contributed by atoms with Gasteiger partial charge in [0.15, 0.2) is 0 Å². The van der Waals surface area contributed by atoms with Gasteiger partial charge in [-0.2, -0.15) is 0 Å². The minimum Gasteiger partial charge on any atom is -0.375 e. The monoisotopic (exact) mass is 297 g/mol. The van der Waals surface area contributed by atoms with E-state index in [9.17, 15) is 4.79 Å². The van der Waals surface area contributed by atoms with E-state index in [0.717, 1.165) is 6.42 Å². The van der Waals surface area contributed by atoms with Gasteiger partial charge in [0.1, 0.15) is 11.0 Å². The molecule has 20 heavy (non-hydrogen) atoms. The van der Waals surface area contributed by atoms with Gasteiger partial charge in [0.25, 0.3) is 5.91 Å². The molecule has 2 unspecified atom stereocenters. The molecule has 2 atom stereocenters. The summed E-state index contributed by atoms with van der Waals surface area (Å²) in [6.45, 7) is 5.22. The molecule has 0 aromatic carbocycles. The minimum atomic E-state index is -0.0206. The number of aromatic nitrogens is 1. The Balaban J connectivity index is 2.26. The Morgan fingerprint density at radius 1 is 1.60 bits per heavy atom. The van der Waals surface area contributed by atoms with E-state index in [4.69, 9.17) is 16.3 Å². The number of anilines is 1. The van der Waals surface area contributed by atoms with Crippen LogP contribution in [0.5, 0.6) is 0 Å². The second kappa shape index (κ2) is 6.41. The summed E-state index contributed by atoms with van der Waals surface area (Å²) in [5.41, 5.74) is 0.557. The van der Waals surface area contributed by atoms with Crippen LogP contribution in [0.15, 0.2) is 12.1 Å². The molecule has 1 fully saturated rings. The van der Waals surface area contributed by atoms with E-state index in [1.165, 1.54) is 0 Å². The van der Waals surface area contributed by atoms with Crippen LogP contribution in [0.25, 0.3) is 0 Å². The van der Waals surface area contributed by atoms with E-state index < -0.39 is 0 Å². The fourth-order valence-corrected chi connectivity index (χ4v) is 2.55. The number of hydrogen-bond acceptors (Lipinski definition) is 4. The number of rotatable bonds is 3. The van der Waals surface area contributed by atoms with Gasteiger partial charge in [-0.15, -0.1) is 0 Å². The number of amides is 1. The fourth-order valence-electron chi connectivity index (χ4n) is 2.35. The number of hydrogen-bond donors (Lipinski definition) is 1. The molecule has 6 heteroatoms. The van der Waals surface area contributed by atoms with Crippen molar-refractivity contribution in [3.05, 3.63) is 22.8 Å². The second-order valence-electron chi connectivity index (χ2n) is 4.98. The SMILES string of the molecule is CCC1COC(C)CN1C(=O)c1cc(Cl)nc(NC)c1. The van der Waals surface area contributed by atoms with Gasteiger partial charge in [0.2, 0.25) is 0 Å². The molecule has 1 N–H and O–H groups in total. The zero-order valence-electron chi connectivity index (χ0n) is 12.0.